The Balaban J connectivity index is 1.76. The van der Waals surface area contributed by atoms with E-state index in [2.05, 4.69) is 22.3 Å². The molecule has 0 amide bonds. The van der Waals surface area contributed by atoms with E-state index in [9.17, 15) is 4.79 Å². The van der Waals surface area contributed by atoms with Gasteiger partial charge in [0.15, 0.2) is 5.78 Å². The van der Waals surface area contributed by atoms with Crippen molar-refractivity contribution in [3.8, 4) is 5.75 Å². The summed E-state index contributed by atoms with van der Waals surface area (Å²) in [5.41, 5.74) is 5.08. The third kappa shape index (κ3) is 2.34. The Morgan fingerprint density at radius 2 is 1.95 bits per heavy atom. The van der Waals surface area contributed by atoms with E-state index in [1.807, 2.05) is 6.08 Å². The Morgan fingerprint density at radius 3 is 2.73 bits per heavy atom. The summed E-state index contributed by atoms with van der Waals surface area (Å²) >= 11 is 0. The molecule has 0 spiro atoms. The highest BCUT2D eigenvalue weighted by Crippen LogP contribution is 2.33. The minimum atomic E-state index is 0.0853. The van der Waals surface area contributed by atoms with Crippen LogP contribution >= 0.6 is 0 Å². The fourth-order valence-corrected chi connectivity index (χ4v) is 3.30. The van der Waals surface area contributed by atoms with Gasteiger partial charge in [-0.1, -0.05) is 0 Å². The first kappa shape index (κ1) is 13.3. The van der Waals surface area contributed by atoms with Gasteiger partial charge in [0.1, 0.15) is 5.75 Å². The average molecular weight is 294 g/mol. The van der Waals surface area contributed by atoms with Gasteiger partial charge in [-0.25, -0.2) is 0 Å². The largest absolute Gasteiger partial charge is 0.492 e. The van der Waals surface area contributed by atoms with Gasteiger partial charge in [0.2, 0.25) is 0 Å². The second-order valence-corrected chi connectivity index (χ2v) is 5.95. The third-order valence-corrected chi connectivity index (χ3v) is 4.47. The minimum absolute atomic E-state index is 0.0853. The molecule has 4 nitrogen and oxygen atoms in total. The number of Topliss-reactive ketones (excluding diaryl/α,β-unsaturated/α-hetero) is 1. The molecule has 112 valence electrons. The van der Waals surface area contributed by atoms with Crippen molar-refractivity contribution in [1.82, 2.24) is 10.2 Å². The Labute approximate surface area is 129 Å². The van der Waals surface area contributed by atoms with Crippen LogP contribution in [0.2, 0.25) is 0 Å². The number of fused-ring (bicyclic) bond motifs is 2. The number of carbonyl (C=O) groups is 1. The molecule has 1 aliphatic heterocycles. The van der Waals surface area contributed by atoms with Crippen molar-refractivity contribution in [3.05, 3.63) is 52.4 Å². The van der Waals surface area contributed by atoms with Crippen LogP contribution in [0.4, 0.5) is 0 Å². The number of ether oxygens (including phenoxy) is 1. The van der Waals surface area contributed by atoms with Crippen molar-refractivity contribution in [2.24, 2.45) is 0 Å². The predicted octanol–water partition coefficient (Wildman–Crippen LogP) is 3.34. The summed E-state index contributed by atoms with van der Waals surface area (Å²) in [7, 11) is 0. The van der Waals surface area contributed by atoms with Crippen LogP contribution in [0, 0.1) is 0 Å². The predicted molar refractivity (Wildman–Crippen MR) is 84.1 cm³/mol. The van der Waals surface area contributed by atoms with Gasteiger partial charge in [-0.3, -0.25) is 9.89 Å². The molecular weight excluding hydrogens is 276 g/mol. The molecule has 0 bridgehead atoms. The van der Waals surface area contributed by atoms with Crippen molar-refractivity contribution >= 4 is 11.9 Å². The molecule has 4 heteroatoms. The van der Waals surface area contributed by atoms with Crippen molar-refractivity contribution in [1.29, 1.82) is 0 Å². The summed E-state index contributed by atoms with van der Waals surface area (Å²) < 4.78 is 5.85. The molecule has 1 aromatic carbocycles. The van der Waals surface area contributed by atoms with E-state index in [0.717, 1.165) is 29.7 Å². The lowest BCUT2D eigenvalue weighted by atomic mass is 9.88. The van der Waals surface area contributed by atoms with Crippen LogP contribution in [0.3, 0.4) is 0 Å². The van der Waals surface area contributed by atoms with Crippen molar-refractivity contribution in [2.45, 2.75) is 32.1 Å². The zero-order valence-corrected chi connectivity index (χ0v) is 12.4. The van der Waals surface area contributed by atoms with Crippen molar-refractivity contribution in [3.63, 3.8) is 0 Å². The van der Waals surface area contributed by atoms with Gasteiger partial charge in [0.05, 0.1) is 18.4 Å². The zero-order chi connectivity index (χ0) is 14.9. The summed E-state index contributed by atoms with van der Waals surface area (Å²) in [6.45, 7) is 0.543. The number of aromatic amines is 1. The first-order chi connectivity index (χ1) is 10.8. The highest BCUT2D eigenvalue weighted by molar-refractivity contribution is 6.13. The fourth-order valence-electron chi connectivity index (χ4n) is 3.30. The highest BCUT2D eigenvalue weighted by atomic mass is 16.5. The van der Waals surface area contributed by atoms with Crippen LogP contribution in [0.15, 0.2) is 30.1 Å². The maximum absolute atomic E-state index is 12.9. The second-order valence-electron chi connectivity index (χ2n) is 5.95. The fraction of sp³-hybridized carbons (Fsp3) is 0.333. The number of hydrogen-bond acceptors (Lipinski definition) is 3. The van der Waals surface area contributed by atoms with E-state index in [0.29, 0.717) is 18.6 Å². The number of hydrogen-bond donors (Lipinski definition) is 1. The number of nitrogens with zero attached hydrogens (tertiary/aromatic N) is 1. The minimum Gasteiger partial charge on any atom is -0.492 e. The standard InChI is InChI=1S/C18H18N2O2/c21-18-15(7-12-10-19-20-11-12)5-6-22-17-9-14-4-2-1-3-13(14)8-16(17)18/h7-11H,1-6H2,(H,19,20)/b15-7+. The molecule has 2 aromatic rings. The van der Waals surface area contributed by atoms with Crippen LogP contribution in [0.1, 0.15) is 46.3 Å². The maximum Gasteiger partial charge on any atom is 0.192 e. The SMILES string of the molecule is O=C1/C(=C/c2cn[nH]c2)CCOc2cc3c(cc21)CCCC3. The normalized spacial score (nSPS) is 19.3. The lowest BCUT2D eigenvalue weighted by Gasteiger charge is -2.18. The van der Waals surface area contributed by atoms with Crippen LogP contribution in [0.5, 0.6) is 5.75 Å². The van der Waals surface area contributed by atoms with E-state index in [-0.39, 0.29) is 5.78 Å². The van der Waals surface area contributed by atoms with E-state index < -0.39 is 0 Å². The van der Waals surface area contributed by atoms with Gasteiger partial charge >= 0.3 is 0 Å². The molecule has 1 aliphatic carbocycles. The molecule has 0 saturated heterocycles. The summed E-state index contributed by atoms with van der Waals surface area (Å²) in [6, 6.07) is 4.14. The van der Waals surface area contributed by atoms with Crippen LogP contribution in [-0.2, 0) is 12.8 Å². The number of ketones is 1. The number of benzene rings is 1. The molecule has 0 saturated carbocycles. The molecule has 0 radical (unpaired) electrons. The number of aromatic nitrogens is 2. The number of aryl methyl sites for hydroxylation is 2. The van der Waals surface area contributed by atoms with E-state index in [1.54, 1.807) is 12.4 Å². The number of H-pyrrole nitrogens is 1. The van der Waals surface area contributed by atoms with Crippen LogP contribution in [0.25, 0.3) is 6.08 Å². The first-order valence-corrected chi connectivity index (χ1v) is 7.84. The quantitative estimate of drug-likeness (QED) is 0.821. The average Bonchev–Trinajstić information content (AvgIpc) is 3.00. The molecule has 1 aromatic heterocycles. The number of rotatable bonds is 1. The summed E-state index contributed by atoms with van der Waals surface area (Å²) in [5.74, 6) is 0.836. The van der Waals surface area contributed by atoms with Gasteiger partial charge < -0.3 is 4.74 Å². The van der Waals surface area contributed by atoms with Gasteiger partial charge in [-0.2, -0.15) is 5.10 Å². The molecule has 4 rings (SSSR count). The zero-order valence-electron chi connectivity index (χ0n) is 12.4. The van der Waals surface area contributed by atoms with Gasteiger partial charge in [-0.05, 0) is 55.0 Å². The Morgan fingerprint density at radius 1 is 1.14 bits per heavy atom. The molecule has 1 N–H and O–H groups in total. The highest BCUT2D eigenvalue weighted by Gasteiger charge is 2.24. The Hall–Kier alpha value is -2.36. The molecule has 2 aliphatic rings. The third-order valence-electron chi connectivity index (χ3n) is 4.47. The van der Waals surface area contributed by atoms with Crippen molar-refractivity contribution < 1.29 is 9.53 Å². The Kier molecular flexibility index (Phi) is 3.29. The van der Waals surface area contributed by atoms with Gasteiger partial charge in [0, 0.05) is 23.8 Å². The topological polar surface area (TPSA) is 55.0 Å². The van der Waals surface area contributed by atoms with E-state index in [4.69, 9.17) is 4.74 Å². The summed E-state index contributed by atoms with van der Waals surface area (Å²) in [4.78, 5) is 12.9. The van der Waals surface area contributed by atoms with Crippen LogP contribution < -0.4 is 4.74 Å². The van der Waals surface area contributed by atoms with Gasteiger partial charge in [0.25, 0.3) is 0 Å². The van der Waals surface area contributed by atoms with Gasteiger partial charge in [-0.15, -0.1) is 0 Å². The molecule has 0 fully saturated rings. The van der Waals surface area contributed by atoms with Crippen molar-refractivity contribution in [2.75, 3.05) is 6.61 Å². The number of carbonyl (C=O) groups excluding carboxylic acids is 1. The van der Waals surface area contributed by atoms with Crippen LogP contribution in [-0.4, -0.2) is 22.6 Å². The molecule has 0 unspecified atom stereocenters. The molecule has 0 atom stereocenters. The lowest BCUT2D eigenvalue weighted by molar-refractivity contribution is 0.103. The Bertz CT molecular complexity index is 745. The summed E-state index contributed by atoms with van der Waals surface area (Å²) in [5, 5.41) is 6.70. The smallest absolute Gasteiger partial charge is 0.192 e. The van der Waals surface area contributed by atoms with E-state index >= 15 is 0 Å². The maximum atomic E-state index is 12.9. The number of nitrogens with one attached hydrogen (secondary N) is 1. The lowest BCUT2D eigenvalue weighted by Crippen LogP contribution is -2.07. The molecular formula is C18H18N2O2. The monoisotopic (exact) mass is 294 g/mol. The molecule has 2 heterocycles. The summed E-state index contributed by atoms with van der Waals surface area (Å²) in [6.07, 6.45) is 10.6. The second kappa shape index (κ2) is 5.44. The first-order valence-electron chi connectivity index (χ1n) is 7.84. The molecule has 22 heavy (non-hydrogen) atoms. The van der Waals surface area contributed by atoms with E-state index in [1.165, 1.54) is 24.0 Å².